The number of unbranched alkanes of at least 4 members (excludes halogenated alkanes) is 6. The van der Waals surface area contributed by atoms with Crippen molar-refractivity contribution in [3.8, 4) is 0 Å². The number of aliphatic hydroxyl groups excluding tert-OH is 1. The van der Waals surface area contributed by atoms with Gasteiger partial charge in [0.2, 0.25) is 0 Å². The summed E-state index contributed by atoms with van der Waals surface area (Å²) in [7, 11) is -3.61. The molecule has 27 heavy (non-hydrogen) atoms. The Kier molecular flexibility index (Phi) is 11.6. The molecule has 0 aliphatic heterocycles. The summed E-state index contributed by atoms with van der Waals surface area (Å²) in [6.45, 7) is 6.17. The first-order valence-electron chi connectivity index (χ1n) is 9.57. The van der Waals surface area contributed by atoms with Gasteiger partial charge in [0.1, 0.15) is 0 Å². The second-order valence-corrected chi connectivity index (χ2v) is 9.01. The Hall–Kier alpha value is -1.11. The lowest BCUT2D eigenvalue weighted by Crippen LogP contribution is -2.30. The molecule has 0 amide bonds. The zero-order chi connectivity index (χ0) is 20.1. The van der Waals surface area contributed by atoms with E-state index in [0.29, 0.717) is 11.3 Å². The van der Waals surface area contributed by atoms with Crippen LogP contribution in [0.25, 0.3) is 0 Å². The van der Waals surface area contributed by atoms with Crippen LogP contribution in [0.4, 0.5) is 0 Å². The van der Waals surface area contributed by atoms with Crippen molar-refractivity contribution < 1.29 is 13.5 Å². The average molecular weight is 458 g/mol. The summed E-state index contributed by atoms with van der Waals surface area (Å²) < 4.78 is 27.6. The Bertz CT molecular complexity index is 684. The first-order valence-corrected chi connectivity index (χ1v) is 11.9. The van der Waals surface area contributed by atoms with E-state index in [1.807, 2.05) is 19.1 Å². The second kappa shape index (κ2) is 13.1. The van der Waals surface area contributed by atoms with E-state index in [1.165, 1.54) is 4.31 Å². The predicted octanol–water partition coefficient (Wildman–Crippen LogP) is 5.52. The number of halogens is 1. The summed E-state index contributed by atoms with van der Waals surface area (Å²) in [6, 6.07) is 6.93. The van der Waals surface area contributed by atoms with Crippen LogP contribution in [0.3, 0.4) is 0 Å². The molecule has 0 spiro atoms. The van der Waals surface area contributed by atoms with Crippen LogP contribution < -0.4 is 0 Å². The minimum absolute atomic E-state index is 0.245. The van der Waals surface area contributed by atoms with Crippen molar-refractivity contribution in [2.24, 2.45) is 0 Å². The van der Waals surface area contributed by atoms with E-state index in [2.05, 4.69) is 22.5 Å². The van der Waals surface area contributed by atoms with Gasteiger partial charge in [0.15, 0.2) is 0 Å². The summed E-state index contributed by atoms with van der Waals surface area (Å²) in [5.41, 5.74) is 1.77. The fourth-order valence-electron chi connectivity index (χ4n) is 2.86. The molecule has 0 heterocycles. The summed E-state index contributed by atoms with van der Waals surface area (Å²) in [4.78, 5) is 2.01. The Balaban J connectivity index is 2.68. The van der Waals surface area contributed by atoms with Gasteiger partial charge in [-0.25, -0.2) is 8.42 Å². The van der Waals surface area contributed by atoms with Crippen molar-refractivity contribution in [1.29, 1.82) is 0 Å². The van der Waals surface area contributed by atoms with Crippen molar-refractivity contribution in [3.63, 3.8) is 0 Å². The third-order valence-corrected chi connectivity index (χ3v) is 6.80. The van der Waals surface area contributed by atoms with Crippen molar-refractivity contribution in [1.82, 2.24) is 4.31 Å². The molecule has 0 aliphatic rings. The zero-order valence-electron chi connectivity index (χ0n) is 16.2. The van der Waals surface area contributed by atoms with Gasteiger partial charge in [-0.05, 0) is 38.3 Å². The number of aliphatic hydroxyl groups is 1. The van der Waals surface area contributed by atoms with Crippen molar-refractivity contribution >= 4 is 26.0 Å². The van der Waals surface area contributed by atoms with Crippen LogP contribution in [-0.2, 0) is 10.0 Å². The van der Waals surface area contributed by atoms with Gasteiger partial charge in [-0.3, -0.25) is 4.31 Å². The van der Waals surface area contributed by atoms with Crippen molar-refractivity contribution in [2.45, 2.75) is 63.2 Å². The molecule has 4 nitrogen and oxygen atoms in total. The molecule has 0 fully saturated rings. The molecule has 0 bridgehead atoms. The van der Waals surface area contributed by atoms with Crippen molar-refractivity contribution in [3.05, 3.63) is 53.2 Å². The lowest BCUT2D eigenvalue weighted by Gasteiger charge is -2.25. The van der Waals surface area contributed by atoms with Gasteiger partial charge in [0.05, 0.1) is 11.4 Å². The number of aryl methyl sites for hydroxylation is 1. The molecule has 1 aromatic carbocycles. The smallest absolute Gasteiger partial charge is 0.264 e. The minimum atomic E-state index is -3.61. The quantitative estimate of drug-likeness (QED) is 0.295. The van der Waals surface area contributed by atoms with Crippen LogP contribution in [0.1, 0.15) is 56.9 Å². The van der Waals surface area contributed by atoms with Gasteiger partial charge in [-0.1, -0.05) is 71.8 Å². The number of hydrogen-bond acceptors (Lipinski definition) is 3. The highest BCUT2D eigenvalue weighted by Gasteiger charge is 2.25. The molecule has 0 atom stereocenters. The van der Waals surface area contributed by atoms with Gasteiger partial charge in [0, 0.05) is 17.3 Å². The molecule has 152 valence electrons. The van der Waals surface area contributed by atoms with Crippen LogP contribution in [0.15, 0.2) is 52.5 Å². The van der Waals surface area contributed by atoms with Crippen LogP contribution >= 0.6 is 15.9 Å². The summed E-state index contributed by atoms with van der Waals surface area (Å²) >= 11 is 3.35. The number of rotatable bonds is 14. The highest BCUT2D eigenvalue weighted by molar-refractivity contribution is 9.11. The van der Waals surface area contributed by atoms with E-state index < -0.39 is 10.0 Å². The Morgan fingerprint density at radius 3 is 2.15 bits per heavy atom. The van der Waals surface area contributed by atoms with Gasteiger partial charge in [0.25, 0.3) is 10.0 Å². The number of allylic oxidation sites excluding steroid dienone is 1. The van der Waals surface area contributed by atoms with Gasteiger partial charge in [-0.2, -0.15) is 0 Å². The second-order valence-electron chi connectivity index (χ2n) is 6.69. The molecule has 0 aromatic heterocycles. The zero-order valence-corrected chi connectivity index (χ0v) is 18.6. The lowest BCUT2D eigenvalue weighted by atomic mass is 10.1. The topological polar surface area (TPSA) is 57.6 Å². The fraction of sp³-hybridized carbons (Fsp3) is 0.524. The van der Waals surface area contributed by atoms with E-state index in [4.69, 9.17) is 5.11 Å². The first-order chi connectivity index (χ1) is 13.0. The van der Waals surface area contributed by atoms with E-state index >= 15 is 0 Å². The molecule has 6 heteroatoms. The molecule has 0 saturated heterocycles. The average Bonchev–Trinajstić information content (AvgIpc) is 2.66. The van der Waals surface area contributed by atoms with Crippen LogP contribution in [0.5, 0.6) is 0 Å². The molecule has 1 rings (SSSR count). The monoisotopic (exact) mass is 457 g/mol. The highest BCUT2D eigenvalue weighted by Crippen LogP contribution is 2.25. The molecular formula is C21H32BrNO3S. The van der Waals surface area contributed by atoms with Crippen LogP contribution in [0.2, 0.25) is 0 Å². The Labute approximate surface area is 173 Å². The fourth-order valence-corrected chi connectivity index (χ4v) is 4.96. The Morgan fingerprint density at radius 2 is 1.63 bits per heavy atom. The van der Waals surface area contributed by atoms with E-state index in [-0.39, 0.29) is 13.2 Å². The number of nitrogens with zero attached hydrogens (tertiary/aromatic N) is 1. The molecule has 1 aromatic rings. The summed E-state index contributed by atoms with van der Waals surface area (Å²) in [6.07, 6.45) is 9.70. The molecule has 0 saturated carbocycles. The standard InChI is InChI=1S/C21H32BrNO3S/c1-3-16-23(27(25,26)21-14-12-19(2)13-15-21)20(18-22)11-9-7-5-4-6-8-10-17-24/h3,12-15,18,24H,1,4-11,16-17H2,2H3/b20-18-. The normalized spacial score (nSPS) is 12.2. The Morgan fingerprint density at radius 1 is 1.07 bits per heavy atom. The third-order valence-electron chi connectivity index (χ3n) is 4.44. The first kappa shape index (κ1) is 23.9. The maximum Gasteiger partial charge on any atom is 0.264 e. The minimum Gasteiger partial charge on any atom is -0.396 e. The van der Waals surface area contributed by atoms with Crippen LogP contribution in [-0.4, -0.2) is 31.0 Å². The summed E-state index contributed by atoms with van der Waals surface area (Å²) in [5, 5.41) is 8.78. The number of hydrogen-bond donors (Lipinski definition) is 1. The number of benzene rings is 1. The third kappa shape index (κ3) is 8.20. The molecule has 1 N–H and O–H groups in total. The predicted molar refractivity (Wildman–Crippen MR) is 116 cm³/mol. The lowest BCUT2D eigenvalue weighted by molar-refractivity contribution is 0.282. The molecular weight excluding hydrogens is 426 g/mol. The van der Waals surface area contributed by atoms with E-state index in [1.54, 1.807) is 23.2 Å². The highest BCUT2D eigenvalue weighted by atomic mass is 79.9. The maximum absolute atomic E-state index is 13.1. The van der Waals surface area contributed by atoms with Gasteiger partial charge in [-0.15, -0.1) is 6.58 Å². The van der Waals surface area contributed by atoms with Crippen LogP contribution in [0, 0.1) is 6.92 Å². The van der Waals surface area contributed by atoms with E-state index in [0.717, 1.165) is 56.2 Å². The number of sulfonamides is 1. The molecule has 0 aliphatic carbocycles. The SMILES string of the molecule is C=CCN(/C(=C\Br)CCCCCCCCCO)S(=O)(=O)c1ccc(C)cc1. The largest absolute Gasteiger partial charge is 0.396 e. The molecule has 0 radical (unpaired) electrons. The van der Waals surface area contributed by atoms with Gasteiger partial charge < -0.3 is 5.11 Å². The summed E-state index contributed by atoms with van der Waals surface area (Å²) in [5.74, 6) is 0. The van der Waals surface area contributed by atoms with Crippen molar-refractivity contribution in [2.75, 3.05) is 13.2 Å². The maximum atomic E-state index is 13.1. The van der Waals surface area contributed by atoms with Gasteiger partial charge >= 0.3 is 0 Å². The van der Waals surface area contributed by atoms with E-state index in [9.17, 15) is 8.42 Å². The molecule has 0 unspecified atom stereocenters.